The third kappa shape index (κ3) is 14.3. The molecule has 0 aliphatic heterocycles. The van der Waals surface area contributed by atoms with E-state index in [9.17, 15) is 44.1 Å². The first-order valence-corrected chi connectivity index (χ1v) is 29.3. The maximum absolute atomic E-state index is 13.2. The number of aromatic hydroxyl groups is 3. The highest BCUT2D eigenvalue weighted by Crippen LogP contribution is 2.46. The van der Waals surface area contributed by atoms with Crippen LogP contribution in [0.1, 0.15) is 68.4 Å². The molecule has 0 saturated carbocycles. The Morgan fingerprint density at radius 3 is 1.18 bits per heavy atom. The number of carbonyl (C=O) groups excluding carboxylic acids is 3. The van der Waals surface area contributed by atoms with Crippen molar-refractivity contribution < 1.29 is 78.0 Å². The lowest BCUT2D eigenvalue weighted by atomic mass is 10.1. The lowest BCUT2D eigenvalue weighted by Crippen LogP contribution is -2.06. The fraction of sp³-hybridized carbons (Fsp3) is 0.0441. The van der Waals surface area contributed by atoms with Crippen LogP contribution in [-0.4, -0.2) is 80.0 Å². The zero-order valence-corrected chi connectivity index (χ0v) is 49.9. The number of fused-ring (bicyclic) bond motifs is 3. The van der Waals surface area contributed by atoms with Crippen LogP contribution in [0.3, 0.4) is 0 Å². The summed E-state index contributed by atoms with van der Waals surface area (Å²) in [7, 11) is 3.54. The summed E-state index contributed by atoms with van der Waals surface area (Å²) in [5, 5.41) is 57.8. The lowest BCUT2D eigenvalue weighted by molar-refractivity contribution is -0.132. The van der Waals surface area contributed by atoms with Crippen LogP contribution in [0.2, 0.25) is 0 Å². The van der Waals surface area contributed by atoms with Crippen molar-refractivity contribution in [3.8, 4) is 51.7 Å². The summed E-state index contributed by atoms with van der Waals surface area (Å²) in [6.45, 7) is 1.79. The van der Waals surface area contributed by atoms with Gasteiger partial charge in [-0.3, -0.25) is 14.4 Å². The number of rotatable bonds is 18. The quantitative estimate of drug-likeness (QED) is 0.0344. The number of hydrogen-bond donors (Lipinski definition) is 6. The number of aryl methyl sites for hydroxylation is 3. The Morgan fingerprint density at radius 2 is 0.856 bits per heavy atom. The molecule has 6 N–H and O–H groups in total. The number of hydrogen-bond acceptors (Lipinski definition) is 17. The number of carboxylic acid groups (broad SMARTS) is 3. The smallest absolute Gasteiger partial charge is 0.328 e. The lowest BCUT2D eigenvalue weighted by Gasteiger charge is -2.08. The maximum Gasteiger partial charge on any atom is 0.328 e. The van der Waals surface area contributed by atoms with Gasteiger partial charge < -0.3 is 58.4 Å². The molecule has 450 valence electrons. The second-order valence-corrected chi connectivity index (χ2v) is 22.8. The van der Waals surface area contributed by atoms with Gasteiger partial charge in [-0.2, -0.15) is 0 Å². The minimum atomic E-state index is -1.03. The SMILES string of the molecule is Cc1ccoc1C(=O)c1sc2cc(O)ccc2c1Oc1ccc(/C=C/C(=O)O)cc1.Cn1cccc1C(=O)c1sc2cc(O)ccc2c1Oc1ccc(/C=C/C(=O)O)cc1.Cn1cncc1C(=O)c1sc2cc(O)ccc2c1Oc1ccc(/C=C/C(=O)O)cc1. The third-order valence-electron chi connectivity index (χ3n) is 13.4. The summed E-state index contributed by atoms with van der Waals surface area (Å²) in [4.78, 5) is 76.6. The number of ketones is 3. The molecule has 0 amide bonds. The number of phenolic OH excluding ortho intramolecular Hbond substituents is 3. The first-order valence-electron chi connectivity index (χ1n) is 26.9. The van der Waals surface area contributed by atoms with Crippen LogP contribution in [0.15, 0.2) is 193 Å². The Morgan fingerprint density at radius 1 is 0.478 bits per heavy atom. The molecule has 6 aromatic heterocycles. The fourth-order valence-corrected chi connectivity index (χ4v) is 12.3. The topological polar surface area (TPSA) is 287 Å². The molecule has 90 heavy (non-hydrogen) atoms. The number of benzene rings is 6. The van der Waals surface area contributed by atoms with E-state index in [0.29, 0.717) is 92.7 Å². The first kappa shape index (κ1) is 61.5. The van der Waals surface area contributed by atoms with E-state index in [-0.39, 0.29) is 40.4 Å². The molecule has 0 aliphatic rings. The van der Waals surface area contributed by atoms with Crippen LogP contribution in [-0.2, 0) is 28.5 Å². The number of carbonyl (C=O) groups is 6. The van der Waals surface area contributed by atoms with Crippen molar-refractivity contribution >= 4 is 118 Å². The number of aliphatic carboxylic acids is 3. The molecule has 0 aliphatic carbocycles. The number of phenols is 3. The van der Waals surface area contributed by atoms with Crippen LogP contribution < -0.4 is 14.2 Å². The number of carboxylic acids is 3. The van der Waals surface area contributed by atoms with Crippen LogP contribution in [0.25, 0.3) is 48.5 Å². The van der Waals surface area contributed by atoms with Crippen molar-refractivity contribution in [1.29, 1.82) is 0 Å². The number of nitrogens with zero attached hydrogens (tertiary/aromatic N) is 3. The second kappa shape index (κ2) is 27.0. The molecule has 0 bridgehead atoms. The van der Waals surface area contributed by atoms with Gasteiger partial charge in [0.25, 0.3) is 0 Å². The van der Waals surface area contributed by atoms with E-state index in [4.69, 9.17) is 33.9 Å². The van der Waals surface area contributed by atoms with E-state index < -0.39 is 17.9 Å². The number of ether oxygens (including phenoxy) is 3. The van der Waals surface area contributed by atoms with E-state index in [1.165, 1.54) is 70.8 Å². The standard InChI is InChI=1S/C23H17NO5S.C23H16O6S.C22H16N2O5S/c1-24-12-2-3-18(24)21(28)23-22(17-10-7-15(25)13-19(17)30-23)29-16-8-4-14(5-9-16)6-11-20(26)27;1-13-10-11-28-21(13)20(27)23-22(17-8-5-15(24)12-18(17)30-23)29-16-6-2-14(3-7-16)4-9-19(25)26;1-24-12-23-11-17(24)20(28)22-21(16-8-5-14(25)10-18(16)30-22)29-15-6-2-13(3-7-15)4-9-19(26)27/h2-13,25H,1H3,(H,26,27);2-12,24H,1H3,(H,25,26);2-12,25H,1H3,(H,26,27)/b11-6+;2*9-4+. The zero-order chi connectivity index (χ0) is 63.8. The highest BCUT2D eigenvalue weighted by Gasteiger charge is 2.28. The van der Waals surface area contributed by atoms with E-state index >= 15 is 0 Å². The Bertz CT molecular complexity index is 4320. The Balaban J connectivity index is 0.000000148. The zero-order valence-electron chi connectivity index (χ0n) is 47.5. The largest absolute Gasteiger partial charge is 0.508 e. The Hall–Kier alpha value is -11.6. The molecule has 0 unspecified atom stereocenters. The van der Waals surface area contributed by atoms with Crippen molar-refractivity contribution in [3.05, 3.63) is 243 Å². The molecule has 0 fully saturated rings. The molecule has 6 heterocycles. The number of aromatic nitrogens is 3. The van der Waals surface area contributed by atoms with Crippen molar-refractivity contribution in [2.24, 2.45) is 14.1 Å². The van der Waals surface area contributed by atoms with Gasteiger partial charge in [-0.15, -0.1) is 34.0 Å². The molecule has 22 heteroatoms. The Labute approximate surface area is 522 Å². The third-order valence-corrected chi connectivity index (χ3v) is 16.7. The minimum Gasteiger partial charge on any atom is -0.508 e. The second-order valence-electron chi connectivity index (χ2n) is 19.7. The van der Waals surface area contributed by atoms with Gasteiger partial charge in [0.2, 0.25) is 17.3 Å². The van der Waals surface area contributed by atoms with Gasteiger partial charge in [-0.1, -0.05) is 36.4 Å². The molecule has 0 radical (unpaired) electrons. The van der Waals surface area contributed by atoms with E-state index in [2.05, 4.69) is 4.98 Å². The Kier molecular flexibility index (Phi) is 18.4. The van der Waals surface area contributed by atoms with Crippen molar-refractivity contribution in [2.45, 2.75) is 6.92 Å². The monoisotopic (exact) mass is 1260 g/mol. The van der Waals surface area contributed by atoms with Gasteiger partial charge in [0, 0.05) is 68.8 Å². The molecular weight excluding hydrogens is 1210 g/mol. The van der Waals surface area contributed by atoms with Crippen molar-refractivity contribution in [2.75, 3.05) is 0 Å². The van der Waals surface area contributed by atoms with Gasteiger partial charge in [-0.25, -0.2) is 19.4 Å². The van der Waals surface area contributed by atoms with Gasteiger partial charge in [0.1, 0.15) is 54.8 Å². The summed E-state index contributed by atoms with van der Waals surface area (Å²) in [5.74, 6) is -0.524. The molecule has 0 atom stereocenters. The molecule has 12 rings (SSSR count). The predicted molar refractivity (Wildman–Crippen MR) is 342 cm³/mol. The number of thiophene rings is 3. The summed E-state index contributed by atoms with van der Waals surface area (Å²) < 4.78 is 29.2. The highest BCUT2D eigenvalue weighted by atomic mass is 32.1. The summed E-state index contributed by atoms with van der Waals surface area (Å²) in [6, 6.07) is 40.3. The van der Waals surface area contributed by atoms with Gasteiger partial charge >= 0.3 is 17.9 Å². The predicted octanol–water partition coefficient (Wildman–Crippen LogP) is 15.2. The molecular formula is C68H49N3O16S3. The molecule has 0 spiro atoms. The average molecular weight is 1260 g/mol. The normalized spacial score (nSPS) is 11.2. The van der Waals surface area contributed by atoms with E-state index in [1.54, 1.807) is 182 Å². The number of imidazole rings is 1. The molecule has 12 aromatic rings. The van der Waals surface area contributed by atoms with Crippen LogP contribution in [0.5, 0.6) is 51.7 Å². The highest BCUT2D eigenvalue weighted by molar-refractivity contribution is 7.22. The van der Waals surface area contributed by atoms with Gasteiger partial charge in [0.15, 0.2) is 23.0 Å². The van der Waals surface area contributed by atoms with Gasteiger partial charge in [0.05, 0.1) is 24.5 Å². The number of furan rings is 1. The van der Waals surface area contributed by atoms with Gasteiger partial charge in [-0.05, 0) is 157 Å². The summed E-state index contributed by atoms with van der Waals surface area (Å²) >= 11 is 3.71. The maximum atomic E-state index is 13.2. The minimum absolute atomic E-state index is 0.0954. The fourth-order valence-electron chi connectivity index (χ4n) is 8.95. The van der Waals surface area contributed by atoms with Crippen LogP contribution in [0.4, 0.5) is 0 Å². The van der Waals surface area contributed by atoms with E-state index in [1.807, 2.05) is 0 Å². The summed E-state index contributed by atoms with van der Waals surface area (Å²) in [6.07, 6.45) is 13.9. The molecule has 19 nitrogen and oxygen atoms in total. The first-order chi connectivity index (χ1) is 43.3. The van der Waals surface area contributed by atoms with Crippen molar-refractivity contribution in [3.63, 3.8) is 0 Å². The average Bonchev–Trinajstić information content (AvgIpc) is 1.71. The van der Waals surface area contributed by atoms with E-state index in [0.717, 1.165) is 38.6 Å². The van der Waals surface area contributed by atoms with Crippen molar-refractivity contribution in [1.82, 2.24) is 14.1 Å². The molecule has 0 saturated heterocycles. The van der Waals surface area contributed by atoms with Crippen LogP contribution in [0, 0.1) is 6.92 Å². The van der Waals surface area contributed by atoms with Crippen LogP contribution >= 0.6 is 34.0 Å². The molecule has 6 aromatic carbocycles. The summed E-state index contributed by atoms with van der Waals surface area (Å²) in [5.41, 5.74) is 3.80.